The molecule has 2 nitrogen and oxygen atoms in total. The van der Waals surface area contributed by atoms with Gasteiger partial charge in [-0.2, -0.15) is 0 Å². The Hall–Kier alpha value is -2.74. The van der Waals surface area contributed by atoms with Crippen LogP contribution in [-0.2, 0) is 12.8 Å². The highest BCUT2D eigenvalue weighted by Crippen LogP contribution is 2.24. The zero-order chi connectivity index (χ0) is 51.1. The van der Waals surface area contributed by atoms with Crippen molar-refractivity contribution in [3.05, 3.63) is 84.0 Å². The molecule has 72 heavy (non-hydrogen) atoms. The average Bonchev–Trinajstić information content (AvgIpc) is 3.40. The molecule has 2 aromatic rings. The number of hydrogen-bond donors (Lipinski definition) is 0. The normalized spacial score (nSPS) is 12.2. The van der Waals surface area contributed by atoms with E-state index >= 15 is 0 Å². The van der Waals surface area contributed by atoms with E-state index in [9.17, 15) is 0 Å². The third kappa shape index (κ3) is 41.6. The molecule has 0 atom stereocenters. The van der Waals surface area contributed by atoms with E-state index in [1.165, 1.54) is 294 Å². The van der Waals surface area contributed by atoms with Crippen LogP contribution in [0.25, 0.3) is 0 Å². The minimum absolute atomic E-state index is 0.863. The smallest absolute Gasteiger partial charge is 0.0665 e. The number of unbranched alkanes of at least 4 members (excludes halogenated alkanes) is 42. The van der Waals surface area contributed by atoms with Gasteiger partial charge in [-0.3, -0.25) is 9.98 Å². The van der Waals surface area contributed by atoms with E-state index in [0.717, 1.165) is 49.2 Å². The second-order valence-corrected chi connectivity index (χ2v) is 22.2. The summed E-state index contributed by atoms with van der Waals surface area (Å²) in [4.78, 5) is 10.1. The highest BCUT2D eigenvalue weighted by atomic mass is 14.8. The molecular formula is C70H120N2. The van der Waals surface area contributed by atoms with Crippen LogP contribution in [-0.4, -0.2) is 11.9 Å². The first-order chi connectivity index (χ1) is 35.8. The monoisotopic (exact) mass is 989 g/mol. The molecule has 0 bridgehead atoms. The molecule has 2 rings (SSSR count). The van der Waals surface area contributed by atoms with Gasteiger partial charge in [-0.15, -0.1) is 0 Å². The van der Waals surface area contributed by atoms with Gasteiger partial charge in [0.2, 0.25) is 0 Å². The molecule has 0 aromatic heterocycles. The van der Waals surface area contributed by atoms with E-state index < -0.39 is 0 Å². The first-order valence-corrected chi connectivity index (χ1v) is 32.4. The second-order valence-electron chi connectivity index (χ2n) is 22.2. The Bertz CT molecular complexity index is 1550. The Morgan fingerprint density at radius 1 is 0.306 bits per heavy atom. The molecule has 410 valence electrons. The average molecular weight is 990 g/mol. The topological polar surface area (TPSA) is 24.7 Å². The van der Waals surface area contributed by atoms with Crippen LogP contribution in [0.3, 0.4) is 0 Å². The summed E-state index contributed by atoms with van der Waals surface area (Å²) in [5.74, 6) is 0. The molecule has 0 unspecified atom stereocenters. The van der Waals surface area contributed by atoms with Gasteiger partial charge in [0.05, 0.1) is 17.1 Å². The molecule has 0 saturated carbocycles. The molecule has 0 aliphatic heterocycles. The quantitative estimate of drug-likeness (QED) is 0.0358. The van der Waals surface area contributed by atoms with Gasteiger partial charge < -0.3 is 0 Å². The number of benzene rings is 2. The Morgan fingerprint density at radius 3 is 0.889 bits per heavy atom. The molecule has 0 spiro atoms. The van der Waals surface area contributed by atoms with Gasteiger partial charge in [-0.1, -0.05) is 338 Å². The predicted octanol–water partition coefficient (Wildman–Crippen LogP) is 24.8. The molecule has 0 radical (unpaired) electrons. The molecule has 0 aliphatic carbocycles. The van der Waals surface area contributed by atoms with Crippen molar-refractivity contribution < 1.29 is 0 Å². The first-order valence-electron chi connectivity index (χ1n) is 32.4. The van der Waals surface area contributed by atoms with Gasteiger partial charge >= 0.3 is 0 Å². The molecule has 0 amide bonds. The van der Waals surface area contributed by atoms with Gasteiger partial charge in [0.1, 0.15) is 0 Å². The maximum atomic E-state index is 5.13. The van der Waals surface area contributed by atoms with Crippen molar-refractivity contribution >= 4 is 23.3 Å². The Labute approximate surface area is 450 Å². The van der Waals surface area contributed by atoms with Gasteiger partial charge in [0.25, 0.3) is 0 Å². The lowest BCUT2D eigenvalue weighted by Gasteiger charge is -2.06. The Kier molecular flexibility index (Phi) is 48.2. The van der Waals surface area contributed by atoms with E-state index in [2.05, 4.69) is 93.6 Å². The molecule has 2 aromatic carbocycles. The number of para-hydroxylation sites is 2. The van der Waals surface area contributed by atoms with Crippen molar-refractivity contribution in [3.63, 3.8) is 0 Å². The van der Waals surface area contributed by atoms with Gasteiger partial charge in [-0.25, -0.2) is 0 Å². The lowest BCUT2D eigenvalue weighted by molar-refractivity contribution is 0.520. The minimum atomic E-state index is 0.863. The molecule has 2 heteroatoms. The second kappa shape index (κ2) is 53.1. The molecule has 0 heterocycles. The molecule has 0 aliphatic rings. The van der Waals surface area contributed by atoms with Crippen molar-refractivity contribution in [2.45, 2.75) is 335 Å². The fraction of sp³-hybridized carbons (Fsp3) is 0.743. The SMILES string of the molecule is CCCCCCCCCCCCCCCCCCCCCCCC=CCCc1ccccc1N=CC(CC)=Nc1ccccc1CCC=CCCCCCCCCCCCCCCCCCCCCCCC. The fourth-order valence-corrected chi connectivity index (χ4v) is 10.5. The first kappa shape index (κ1) is 65.4. The van der Waals surface area contributed by atoms with Crippen LogP contribution < -0.4 is 0 Å². The number of nitrogens with zero attached hydrogens (tertiary/aromatic N) is 2. The maximum Gasteiger partial charge on any atom is 0.0665 e. The lowest BCUT2D eigenvalue weighted by Crippen LogP contribution is -1.98. The largest absolute Gasteiger partial charge is 0.255 e. The van der Waals surface area contributed by atoms with E-state index in [4.69, 9.17) is 9.98 Å². The van der Waals surface area contributed by atoms with Crippen LogP contribution in [0.2, 0.25) is 0 Å². The third-order valence-electron chi connectivity index (χ3n) is 15.4. The summed E-state index contributed by atoms with van der Waals surface area (Å²) < 4.78 is 0. The zero-order valence-electron chi connectivity index (χ0n) is 48.5. The van der Waals surface area contributed by atoms with Crippen molar-refractivity contribution in [1.82, 2.24) is 0 Å². The Morgan fingerprint density at radius 2 is 0.569 bits per heavy atom. The van der Waals surface area contributed by atoms with Crippen molar-refractivity contribution in [2.75, 3.05) is 0 Å². The van der Waals surface area contributed by atoms with Crippen molar-refractivity contribution in [1.29, 1.82) is 0 Å². The van der Waals surface area contributed by atoms with Gasteiger partial charge in [0.15, 0.2) is 0 Å². The van der Waals surface area contributed by atoms with E-state index in [-0.39, 0.29) is 0 Å². The van der Waals surface area contributed by atoms with E-state index in [1.54, 1.807) is 0 Å². The summed E-state index contributed by atoms with van der Waals surface area (Å²) in [7, 11) is 0. The van der Waals surface area contributed by atoms with Crippen LogP contribution in [0.4, 0.5) is 11.4 Å². The molecule has 0 saturated heterocycles. The minimum Gasteiger partial charge on any atom is -0.255 e. The maximum absolute atomic E-state index is 5.13. The number of aliphatic imine (C=N–C) groups is 2. The standard InChI is InChI=1S/C70H120N2/c1-4-7-9-11-13-15-17-19-21-23-25-27-29-31-33-35-37-39-41-43-45-47-49-51-53-59-66-61-55-57-63-69(66)71-65-68(6-3)72-70-64-58-56-62-67(70)60-54-52-50-48-46-44-42-40-38-36-34-32-30-28-26-24-22-20-18-16-14-12-10-8-5-2/h49-52,55-58,61-65H,4-48,53-54,59-60H2,1-3H3. The van der Waals surface area contributed by atoms with Crippen LogP contribution in [0.1, 0.15) is 334 Å². The van der Waals surface area contributed by atoms with Crippen LogP contribution in [0.15, 0.2) is 82.8 Å². The summed E-state index contributed by atoms with van der Waals surface area (Å²) in [6.45, 7) is 6.81. The number of aryl methyl sites for hydroxylation is 2. The highest BCUT2D eigenvalue weighted by Gasteiger charge is 2.04. The summed E-state index contributed by atoms with van der Waals surface area (Å²) in [6, 6.07) is 17.4. The van der Waals surface area contributed by atoms with Gasteiger partial charge in [0, 0.05) is 6.21 Å². The number of hydrogen-bond acceptors (Lipinski definition) is 2. The predicted molar refractivity (Wildman–Crippen MR) is 328 cm³/mol. The number of allylic oxidation sites excluding steroid dienone is 4. The van der Waals surface area contributed by atoms with Crippen LogP contribution >= 0.6 is 0 Å². The lowest BCUT2D eigenvalue weighted by atomic mass is 10.0. The summed E-state index contributed by atoms with van der Waals surface area (Å²) in [5.41, 5.74) is 5.85. The van der Waals surface area contributed by atoms with Crippen molar-refractivity contribution in [2.24, 2.45) is 9.98 Å². The Balaban J connectivity index is 1.48. The van der Waals surface area contributed by atoms with Gasteiger partial charge in [-0.05, 0) is 81.0 Å². The van der Waals surface area contributed by atoms with E-state index in [1.807, 2.05) is 6.21 Å². The summed E-state index contributed by atoms with van der Waals surface area (Å²) >= 11 is 0. The van der Waals surface area contributed by atoms with E-state index in [0.29, 0.717) is 0 Å². The highest BCUT2D eigenvalue weighted by molar-refractivity contribution is 6.31. The van der Waals surface area contributed by atoms with Crippen LogP contribution in [0, 0.1) is 0 Å². The molecule has 0 N–H and O–H groups in total. The number of rotatable bonds is 54. The summed E-state index contributed by atoms with van der Waals surface area (Å²) in [5, 5.41) is 0. The summed E-state index contributed by atoms with van der Waals surface area (Å²) in [6.07, 6.45) is 79.7. The fourth-order valence-electron chi connectivity index (χ4n) is 10.5. The third-order valence-corrected chi connectivity index (χ3v) is 15.4. The molecular weight excluding hydrogens is 869 g/mol. The van der Waals surface area contributed by atoms with Crippen molar-refractivity contribution in [3.8, 4) is 0 Å². The molecule has 0 fully saturated rings. The van der Waals surface area contributed by atoms with Crippen LogP contribution in [0.5, 0.6) is 0 Å². The zero-order valence-corrected chi connectivity index (χ0v) is 48.5.